The van der Waals surface area contributed by atoms with Crippen molar-refractivity contribution in [1.29, 1.82) is 0 Å². The maximum atomic E-state index is 10.2. The molecule has 0 aliphatic heterocycles. The zero-order chi connectivity index (χ0) is 11.6. The number of hydrogen-bond donors (Lipinski definition) is 1. The van der Waals surface area contributed by atoms with Gasteiger partial charge in [-0.3, -0.25) is 0 Å². The average molecular weight is 228 g/mol. The van der Waals surface area contributed by atoms with Crippen LogP contribution >= 0.6 is 0 Å². The molecule has 0 unspecified atom stereocenters. The van der Waals surface area contributed by atoms with Crippen LogP contribution in [-0.4, -0.2) is 19.3 Å². The van der Waals surface area contributed by atoms with Crippen molar-refractivity contribution in [1.82, 2.24) is 0 Å². The molecule has 0 bridgehead atoms. The Bertz CT molecular complexity index is 189. The van der Waals surface area contributed by atoms with Gasteiger partial charge in [-0.2, -0.15) is 0 Å². The summed E-state index contributed by atoms with van der Waals surface area (Å²) >= 11 is 0. The summed E-state index contributed by atoms with van der Waals surface area (Å²) in [6.07, 6.45) is 3.87. The summed E-state index contributed by atoms with van der Waals surface area (Å²) in [5, 5.41) is 10.2. The Hall–Kier alpha value is 0.177. The molecule has 1 rings (SSSR count). The van der Waals surface area contributed by atoms with Crippen molar-refractivity contribution in [2.45, 2.75) is 76.7 Å². The highest BCUT2D eigenvalue weighted by Crippen LogP contribution is 2.40. The maximum Gasteiger partial charge on any atom is 0.0581 e. The van der Waals surface area contributed by atoms with Gasteiger partial charge in [-0.15, -0.1) is 0 Å². The van der Waals surface area contributed by atoms with E-state index in [-0.39, 0.29) is 6.10 Å². The van der Waals surface area contributed by atoms with Gasteiger partial charge in [0.2, 0.25) is 0 Å². The maximum absolute atomic E-state index is 10.2. The monoisotopic (exact) mass is 228 g/mol. The number of aliphatic hydroxyl groups excluding tert-OH is 1. The van der Waals surface area contributed by atoms with Crippen LogP contribution in [0.2, 0.25) is 23.7 Å². The third kappa shape index (κ3) is 2.85. The summed E-state index contributed by atoms with van der Waals surface area (Å²) in [5.41, 5.74) is 1.57. The van der Waals surface area contributed by atoms with E-state index in [0.717, 1.165) is 17.1 Å². The van der Waals surface area contributed by atoms with Crippen LogP contribution in [0.3, 0.4) is 0 Å². The minimum Gasteiger partial charge on any atom is -0.393 e. The molecule has 90 valence electrons. The van der Waals surface area contributed by atoms with Gasteiger partial charge in [0.25, 0.3) is 0 Å². The molecular weight excluding hydrogens is 200 g/mol. The number of rotatable bonds is 5. The van der Waals surface area contributed by atoms with Crippen LogP contribution in [0.15, 0.2) is 0 Å². The van der Waals surface area contributed by atoms with Gasteiger partial charge in [0.15, 0.2) is 0 Å². The van der Waals surface area contributed by atoms with Crippen molar-refractivity contribution in [2.75, 3.05) is 0 Å². The lowest BCUT2D eigenvalue weighted by Gasteiger charge is -2.41. The van der Waals surface area contributed by atoms with Crippen LogP contribution in [0.4, 0.5) is 0 Å². The highest BCUT2D eigenvalue weighted by Gasteiger charge is 2.39. The molecule has 0 aromatic rings. The zero-order valence-electron chi connectivity index (χ0n) is 11.1. The first-order valence-corrected chi connectivity index (χ1v) is 9.42. The van der Waals surface area contributed by atoms with Gasteiger partial charge in [0.05, 0.1) is 14.2 Å². The second kappa shape index (κ2) is 5.01. The largest absolute Gasteiger partial charge is 0.393 e. The van der Waals surface area contributed by atoms with E-state index in [1.54, 1.807) is 0 Å². The third-order valence-electron chi connectivity index (χ3n) is 4.98. The molecular formula is C13H28OSi. The van der Waals surface area contributed by atoms with E-state index in [9.17, 15) is 5.11 Å². The van der Waals surface area contributed by atoms with Crippen LogP contribution in [0, 0.1) is 5.92 Å². The van der Waals surface area contributed by atoms with Crippen molar-refractivity contribution in [2.24, 2.45) is 5.92 Å². The van der Waals surface area contributed by atoms with Crippen molar-refractivity contribution < 1.29 is 5.11 Å². The molecule has 1 nitrogen and oxygen atoms in total. The standard InChI is InChI=1S/C13H28OSi/c1-10(2)15(5,11(3)4)9-13(14)12-7-6-8-12/h10-14H,6-9H2,1-5H3/t13-/m1/s1. The van der Waals surface area contributed by atoms with Crippen molar-refractivity contribution in [3.05, 3.63) is 0 Å². The topological polar surface area (TPSA) is 20.2 Å². The van der Waals surface area contributed by atoms with Gasteiger partial charge in [-0.05, 0) is 24.8 Å². The Balaban J connectivity index is 2.57. The summed E-state index contributed by atoms with van der Waals surface area (Å²) in [5.74, 6) is 0.634. The van der Waals surface area contributed by atoms with Crippen molar-refractivity contribution >= 4 is 8.07 Å². The molecule has 1 atom stereocenters. The molecule has 15 heavy (non-hydrogen) atoms. The Kier molecular flexibility index (Phi) is 4.42. The lowest BCUT2D eigenvalue weighted by Crippen LogP contribution is -2.43. The van der Waals surface area contributed by atoms with E-state index >= 15 is 0 Å². The molecule has 0 amide bonds. The second-order valence-corrected chi connectivity index (χ2v) is 12.0. The van der Waals surface area contributed by atoms with Crippen LogP contribution in [0.5, 0.6) is 0 Å². The van der Waals surface area contributed by atoms with E-state index in [4.69, 9.17) is 0 Å². The van der Waals surface area contributed by atoms with Crippen LogP contribution in [-0.2, 0) is 0 Å². The number of aliphatic hydroxyl groups is 1. The van der Waals surface area contributed by atoms with E-state index in [2.05, 4.69) is 34.2 Å². The quantitative estimate of drug-likeness (QED) is 0.704. The average Bonchev–Trinajstić information content (AvgIpc) is 1.99. The predicted octanol–water partition coefficient (Wildman–Crippen LogP) is 4.05. The first-order valence-electron chi connectivity index (χ1n) is 6.56. The molecule has 1 fully saturated rings. The molecule has 1 aliphatic rings. The summed E-state index contributed by atoms with van der Waals surface area (Å²) < 4.78 is 0. The van der Waals surface area contributed by atoms with Crippen molar-refractivity contribution in [3.63, 3.8) is 0 Å². The molecule has 1 aliphatic carbocycles. The Morgan fingerprint density at radius 2 is 1.60 bits per heavy atom. The first kappa shape index (κ1) is 13.2. The van der Waals surface area contributed by atoms with Crippen molar-refractivity contribution in [3.8, 4) is 0 Å². The van der Waals surface area contributed by atoms with Crippen LogP contribution in [0.1, 0.15) is 47.0 Å². The molecule has 1 saturated carbocycles. The zero-order valence-corrected chi connectivity index (χ0v) is 12.1. The van der Waals surface area contributed by atoms with Crippen LogP contribution in [0.25, 0.3) is 0 Å². The number of hydrogen-bond acceptors (Lipinski definition) is 1. The SMILES string of the molecule is CC(C)[Si](C)(C[C@@H](O)C1CCC1)C(C)C. The van der Waals surface area contributed by atoms with Gasteiger partial charge in [-0.1, -0.05) is 51.7 Å². The second-order valence-electron chi connectivity index (χ2n) is 6.28. The van der Waals surface area contributed by atoms with E-state index in [1.807, 2.05) is 0 Å². The molecule has 0 heterocycles. The molecule has 0 spiro atoms. The fraction of sp³-hybridized carbons (Fsp3) is 1.00. The Morgan fingerprint density at radius 3 is 1.87 bits per heavy atom. The van der Waals surface area contributed by atoms with E-state index < -0.39 is 8.07 Å². The molecule has 0 aromatic carbocycles. The van der Waals surface area contributed by atoms with Gasteiger partial charge in [0, 0.05) is 0 Å². The normalized spacial score (nSPS) is 20.8. The minimum absolute atomic E-state index is 0.000201. The molecule has 0 saturated heterocycles. The lowest BCUT2D eigenvalue weighted by molar-refractivity contribution is 0.0761. The third-order valence-corrected chi connectivity index (χ3v) is 11.6. The van der Waals surface area contributed by atoms with E-state index in [0.29, 0.717) is 5.92 Å². The predicted molar refractivity (Wildman–Crippen MR) is 70.0 cm³/mol. The fourth-order valence-electron chi connectivity index (χ4n) is 2.58. The lowest BCUT2D eigenvalue weighted by atomic mass is 9.82. The first-order chi connectivity index (χ1) is 6.88. The molecule has 0 aromatic heterocycles. The Morgan fingerprint density at radius 1 is 1.13 bits per heavy atom. The molecule has 2 heteroatoms. The van der Waals surface area contributed by atoms with Gasteiger partial charge >= 0.3 is 0 Å². The van der Waals surface area contributed by atoms with Gasteiger partial charge in [-0.25, -0.2) is 0 Å². The fourth-order valence-corrected chi connectivity index (χ4v) is 6.09. The highest BCUT2D eigenvalue weighted by atomic mass is 28.3. The summed E-state index contributed by atoms with van der Waals surface area (Å²) in [4.78, 5) is 0. The highest BCUT2D eigenvalue weighted by molar-refractivity contribution is 6.81. The summed E-state index contributed by atoms with van der Waals surface area (Å²) in [6, 6.07) is 1.12. The van der Waals surface area contributed by atoms with Crippen LogP contribution < -0.4 is 0 Å². The summed E-state index contributed by atoms with van der Waals surface area (Å²) in [6.45, 7) is 11.9. The summed E-state index contributed by atoms with van der Waals surface area (Å²) in [7, 11) is -1.26. The molecule has 1 N–H and O–H groups in total. The Labute approximate surface area is 96.3 Å². The molecule has 0 radical (unpaired) electrons. The van der Waals surface area contributed by atoms with E-state index in [1.165, 1.54) is 19.3 Å². The van der Waals surface area contributed by atoms with Gasteiger partial charge < -0.3 is 5.11 Å². The smallest absolute Gasteiger partial charge is 0.0581 e. The van der Waals surface area contributed by atoms with Gasteiger partial charge in [0.1, 0.15) is 0 Å². The minimum atomic E-state index is -1.26.